The number of hydrogen-bond donors (Lipinski definition) is 1. The summed E-state index contributed by atoms with van der Waals surface area (Å²) in [6.45, 7) is 3.90. The second kappa shape index (κ2) is 6.28. The first-order valence-electron chi connectivity index (χ1n) is 6.49. The number of nitrogens with one attached hydrogen (secondary N) is 1. The van der Waals surface area contributed by atoms with Gasteiger partial charge in [-0.05, 0) is 24.6 Å². The Kier molecular flexibility index (Phi) is 4.45. The molecule has 0 aliphatic carbocycles. The van der Waals surface area contributed by atoms with E-state index in [0.717, 1.165) is 18.6 Å². The lowest BCUT2D eigenvalue weighted by Crippen LogP contribution is -2.24. The van der Waals surface area contributed by atoms with Crippen LogP contribution in [0.5, 0.6) is 11.5 Å². The van der Waals surface area contributed by atoms with E-state index in [0.29, 0.717) is 31.1 Å². The maximum Gasteiger partial charge on any atom is 0.255 e. The SMILES string of the molecule is CCCCCOc1ccc2c(c1)C(=O)NCCO2. The Balaban J connectivity index is 2.03. The summed E-state index contributed by atoms with van der Waals surface area (Å²) < 4.78 is 11.1. The van der Waals surface area contributed by atoms with Crippen LogP contribution in [0.1, 0.15) is 36.5 Å². The van der Waals surface area contributed by atoms with Gasteiger partial charge < -0.3 is 14.8 Å². The van der Waals surface area contributed by atoms with Crippen LogP contribution in [0.2, 0.25) is 0 Å². The standard InChI is InChI=1S/C14H19NO3/c1-2-3-4-8-17-11-5-6-13-12(10-11)14(16)15-7-9-18-13/h5-6,10H,2-4,7-9H2,1H3,(H,15,16). The van der Waals surface area contributed by atoms with Crippen molar-refractivity contribution in [3.8, 4) is 11.5 Å². The molecule has 0 aromatic heterocycles. The van der Waals surface area contributed by atoms with Crippen LogP contribution >= 0.6 is 0 Å². The van der Waals surface area contributed by atoms with E-state index >= 15 is 0 Å². The van der Waals surface area contributed by atoms with E-state index in [1.54, 1.807) is 12.1 Å². The topological polar surface area (TPSA) is 47.6 Å². The van der Waals surface area contributed by atoms with Crippen molar-refractivity contribution >= 4 is 5.91 Å². The Morgan fingerprint density at radius 3 is 3.11 bits per heavy atom. The van der Waals surface area contributed by atoms with Gasteiger partial charge in [0, 0.05) is 0 Å². The average Bonchev–Trinajstić information content (AvgIpc) is 2.57. The second-order valence-corrected chi connectivity index (χ2v) is 4.32. The lowest BCUT2D eigenvalue weighted by molar-refractivity contribution is 0.0956. The van der Waals surface area contributed by atoms with E-state index in [9.17, 15) is 4.79 Å². The van der Waals surface area contributed by atoms with E-state index in [1.165, 1.54) is 6.42 Å². The van der Waals surface area contributed by atoms with Gasteiger partial charge in [-0.25, -0.2) is 0 Å². The molecule has 18 heavy (non-hydrogen) atoms. The van der Waals surface area contributed by atoms with E-state index in [4.69, 9.17) is 9.47 Å². The van der Waals surface area contributed by atoms with Crippen LogP contribution in [-0.2, 0) is 0 Å². The van der Waals surface area contributed by atoms with Crippen LogP contribution in [0.25, 0.3) is 0 Å². The molecule has 1 aliphatic rings. The molecular formula is C14H19NO3. The molecular weight excluding hydrogens is 230 g/mol. The Morgan fingerprint density at radius 1 is 1.39 bits per heavy atom. The predicted octanol–water partition coefficient (Wildman–Crippen LogP) is 2.38. The van der Waals surface area contributed by atoms with Crippen molar-refractivity contribution in [2.45, 2.75) is 26.2 Å². The number of unbranched alkanes of at least 4 members (excludes halogenated alkanes) is 2. The number of carbonyl (C=O) groups is 1. The van der Waals surface area contributed by atoms with Gasteiger partial charge in [0.1, 0.15) is 18.1 Å². The molecule has 0 atom stereocenters. The number of fused-ring (bicyclic) bond motifs is 1. The zero-order chi connectivity index (χ0) is 12.8. The fraction of sp³-hybridized carbons (Fsp3) is 0.500. The molecule has 0 fully saturated rings. The van der Waals surface area contributed by atoms with Crippen molar-refractivity contribution in [1.82, 2.24) is 5.32 Å². The van der Waals surface area contributed by atoms with Crippen molar-refractivity contribution < 1.29 is 14.3 Å². The fourth-order valence-corrected chi connectivity index (χ4v) is 1.87. The van der Waals surface area contributed by atoms with Crippen LogP contribution in [-0.4, -0.2) is 25.7 Å². The fourth-order valence-electron chi connectivity index (χ4n) is 1.87. The third-order valence-corrected chi connectivity index (χ3v) is 2.86. The minimum absolute atomic E-state index is 0.0958. The average molecular weight is 249 g/mol. The molecule has 1 aliphatic heterocycles. The molecule has 0 spiro atoms. The zero-order valence-corrected chi connectivity index (χ0v) is 10.7. The first kappa shape index (κ1) is 12.7. The zero-order valence-electron chi connectivity index (χ0n) is 10.7. The Morgan fingerprint density at radius 2 is 2.28 bits per heavy atom. The largest absolute Gasteiger partial charge is 0.494 e. The van der Waals surface area contributed by atoms with Gasteiger partial charge in [0.05, 0.1) is 18.7 Å². The van der Waals surface area contributed by atoms with Crippen LogP contribution in [0.3, 0.4) is 0 Å². The quantitative estimate of drug-likeness (QED) is 0.815. The second-order valence-electron chi connectivity index (χ2n) is 4.32. The molecule has 0 radical (unpaired) electrons. The lowest BCUT2D eigenvalue weighted by atomic mass is 10.2. The van der Waals surface area contributed by atoms with Crippen molar-refractivity contribution in [3.63, 3.8) is 0 Å². The summed E-state index contributed by atoms with van der Waals surface area (Å²) in [4.78, 5) is 11.8. The van der Waals surface area contributed by atoms with Crippen LogP contribution < -0.4 is 14.8 Å². The first-order chi connectivity index (χ1) is 8.81. The Hall–Kier alpha value is -1.71. The third kappa shape index (κ3) is 3.15. The van der Waals surface area contributed by atoms with E-state index in [1.807, 2.05) is 6.07 Å². The molecule has 0 saturated carbocycles. The van der Waals surface area contributed by atoms with E-state index < -0.39 is 0 Å². The van der Waals surface area contributed by atoms with Crippen molar-refractivity contribution in [3.05, 3.63) is 23.8 Å². The molecule has 1 aromatic carbocycles. The summed E-state index contributed by atoms with van der Waals surface area (Å²) in [5.41, 5.74) is 0.556. The van der Waals surface area contributed by atoms with Crippen molar-refractivity contribution in [1.29, 1.82) is 0 Å². The Bertz CT molecular complexity index is 418. The molecule has 1 N–H and O–H groups in total. The molecule has 1 heterocycles. The molecule has 98 valence electrons. The molecule has 0 saturated heterocycles. The van der Waals surface area contributed by atoms with Crippen molar-refractivity contribution in [2.24, 2.45) is 0 Å². The highest BCUT2D eigenvalue weighted by atomic mass is 16.5. The summed E-state index contributed by atoms with van der Waals surface area (Å²) in [5, 5.41) is 2.78. The van der Waals surface area contributed by atoms with Gasteiger partial charge in [0.25, 0.3) is 5.91 Å². The van der Waals surface area contributed by atoms with Gasteiger partial charge in [-0.1, -0.05) is 19.8 Å². The predicted molar refractivity (Wildman–Crippen MR) is 69.3 cm³/mol. The van der Waals surface area contributed by atoms with Crippen LogP contribution in [0, 0.1) is 0 Å². The summed E-state index contributed by atoms with van der Waals surface area (Å²) in [6, 6.07) is 5.40. The van der Waals surface area contributed by atoms with Crippen LogP contribution in [0.15, 0.2) is 18.2 Å². The summed E-state index contributed by atoms with van der Waals surface area (Å²) >= 11 is 0. The van der Waals surface area contributed by atoms with E-state index in [-0.39, 0.29) is 5.91 Å². The maximum atomic E-state index is 11.8. The monoisotopic (exact) mass is 249 g/mol. The number of benzene rings is 1. The molecule has 2 rings (SSSR count). The molecule has 0 unspecified atom stereocenters. The molecule has 4 heteroatoms. The van der Waals surface area contributed by atoms with Crippen molar-refractivity contribution in [2.75, 3.05) is 19.8 Å². The van der Waals surface area contributed by atoms with Gasteiger partial charge >= 0.3 is 0 Å². The summed E-state index contributed by atoms with van der Waals surface area (Å²) in [6.07, 6.45) is 3.37. The van der Waals surface area contributed by atoms with Crippen LogP contribution in [0.4, 0.5) is 0 Å². The van der Waals surface area contributed by atoms with Gasteiger partial charge in [0.15, 0.2) is 0 Å². The van der Waals surface area contributed by atoms with Gasteiger partial charge in [0.2, 0.25) is 0 Å². The minimum Gasteiger partial charge on any atom is -0.494 e. The molecule has 4 nitrogen and oxygen atoms in total. The minimum atomic E-state index is -0.0958. The van der Waals surface area contributed by atoms with E-state index in [2.05, 4.69) is 12.2 Å². The molecule has 1 amide bonds. The van der Waals surface area contributed by atoms with Gasteiger partial charge in [-0.15, -0.1) is 0 Å². The first-order valence-corrected chi connectivity index (χ1v) is 6.49. The number of rotatable bonds is 5. The lowest BCUT2D eigenvalue weighted by Gasteiger charge is -2.09. The van der Waals surface area contributed by atoms with Gasteiger partial charge in [-0.2, -0.15) is 0 Å². The number of amides is 1. The highest BCUT2D eigenvalue weighted by molar-refractivity contribution is 5.97. The molecule has 1 aromatic rings. The highest BCUT2D eigenvalue weighted by Crippen LogP contribution is 2.25. The highest BCUT2D eigenvalue weighted by Gasteiger charge is 2.16. The third-order valence-electron chi connectivity index (χ3n) is 2.86. The summed E-state index contributed by atoms with van der Waals surface area (Å²) in [7, 11) is 0. The number of carbonyl (C=O) groups excluding carboxylic acids is 1. The molecule has 0 bridgehead atoms. The summed E-state index contributed by atoms with van der Waals surface area (Å²) in [5.74, 6) is 1.26. The Labute approximate surface area is 107 Å². The number of hydrogen-bond acceptors (Lipinski definition) is 3. The number of ether oxygens (including phenoxy) is 2. The normalized spacial score (nSPS) is 14.2. The smallest absolute Gasteiger partial charge is 0.255 e. The van der Waals surface area contributed by atoms with Gasteiger partial charge in [-0.3, -0.25) is 4.79 Å². The maximum absolute atomic E-state index is 11.8.